The van der Waals surface area contributed by atoms with E-state index in [0.29, 0.717) is 31.8 Å². The van der Waals surface area contributed by atoms with Crippen molar-refractivity contribution >= 4 is 63.2 Å². The van der Waals surface area contributed by atoms with Crippen LogP contribution in [0.25, 0.3) is 6.08 Å². The molecule has 0 bridgehead atoms. The SMILES string of the molecule is COc1cc(/C=C2/SC(=O)N(Cc3ccc(F)cc3Cl)C2=O)cc(I)c1OCc1ccccc1F. The number of rotatable bonds is 7. The van der Waals surface area contributed by atoms with E-state index in [1.54, 1.807) is 36.4 Å². The Balaban J connectivity index is 1.54. The summed E-state index contributed by atoms with van der Waals surface area (Å²) in [4.78, 5) is 26.7. The molecule has 180 valence electrons. The van der Waals surface area contributed by atoms with Gasteiger partial charge in [0.15, 0.2) is 11.5 Å². The van der Waals surface area contributed by atoms with Crippen LogP contribution in [0.2, 0.25) is 5.02 Å². The Morgan fingerprint density at radius 2 is 1.86 bits per heavy atom. The zero-order valence-corrected chi connectivity index (χ0v) is 21.9. The van der Waals surface area contributed by atoms with Crippen molar-refractivity contribution in [3.8, 4) is 11.5 Å². The minimum Gasteiger partial charge on any atom is -0.493 e. The fourth-order valence-electron chi connectivity index (χ4n) is 3.34. The first-order valence-corrected chi connectivity index (χ1v) is 12.5. The number of carbonyl (C=O) groups excluding carboxylic acids is 2. The number of methoxy groups -OCH3 is 1. The van der Waals surface area contributed by atoms with Gasteiger partial charge in [-0.1, -0.05) is 35.9 Å². The van der Waals surface area contributed by atoms with E-state index < -0.39 is 17.0 Å². The molecule has 0 saturated carbocycles. The highest BCUT2D eigenvalue weighted by molar-refractivity contribution is 14.1. The molecule has 0 spiro atoms. The van der Waals surface area contributed by atoms with E-state index in [-0.39, 0.29) is 28.9 Å². The Labute approximate surface area is 223 Å². The van der Waals surface area contributed by atoms with Gasteiger partial charge >= 0.3 is 0 Å². The summed E-state index contributed by atoms with van der Waals surface area (Å²) in [7, 11) is 1.48. The van der Waals surface area contributed by atoms with Crippen molar-refractivity contribution in [3.63, 3.8) is 0 Å². The molecule has 10 heteroatoms. The number of halogens is 4. The molecule has 0 aromatic heterocycles. The largest absolute Gasteiger partial charge is 0.493 e. The zero-order valence-electron chi connectivity index (χ0n) is 18.2. The lowest BCUT2D eigenvalue weighted by atomic mass is 10.1. The summed E-state index contributed by atoms with van der Waals surface area (Å²) in [6.45, 7) is -0.0476. The first kappa shape index (κ1) is 25.5. The minimum atomic E-state index is -0.502. The van der Waals surface area contributed by atoms with Crippen molar-refractivity contribution in [2.75, 3.05) is 7.11 Å². The predicted octanol–water partition coefficient (Wildman–Crippen LogP) is 7.05. The first-order valence-electron chi connectivity index (χ1n) is 10.2. The lowest BCUT2D eigenvalue weighted by molar-refractivity contribution is -0.123. The number of imide groups is 1. The smallest absolute Gasteiger partial charge is 0.293 e. The molecule has 2 amide bonds. The summed E-state index contributed by atoms with van der Waals surface area (Å²) in [5, 5.41) is -0.313. The molecule has 0 radical (unpaired) electrons. The monoisotopic (exact) mass is 627 g/mol. The van der Waals surface area contributed by atoms with Crippen molar-refractivity contribution in [1.82, 2.24) is 4.90 Å². The van der Waals surface area contributed by atoms with Gasteiger partial charge in [-0.15, -0.1) is 0 Å². The molecule has 3 aromatic rings. The van der Waals surface area contributed by atoms with Gasteiger partial charge in [-0.2, -0.15) is 0 Å². The van der Waals surface area contributed by atoms with E-state index in [1.165, 1.54) is 25.3 Å². The first-order chi connectivity index (χ1) is 16.8. The van der Waals surface area contributed by atoms with Gasteiger partial charge in [0, 0.05) is 10.6 Å². The van der Waals surface area contributed by atoms with Crippen LogP contribution < -0.4 is 9.47 Å². The maximum Gasteiger partial charge on any atom is 0.293 e. The molecular formula is C25H17ClF2INO4S. The number of amides is 2. The van der Waals surface area contributed by atoms with Crippen LogP contribution in [0.1, 0.15) is 16.7 Å². The summed E-state index contributed by atoms with van der Waals surface area (Å²) in [5.41, 5.74) is 1.49. The molecule has 4 rings (SSSR count). The Bertz CT molecular complexity index is 1350. The number of hydrogen-bond donors (Lipinski definition) is 0. The summed E-state index contributed by atoms with van der Waals surface area (Å²) >= 11 is 8.92. The molecule has 1 aliphatic rings. The fourth-order valence-corrected chi connectivity index (χ4v) is 5.18. The Hall–Kier alpha value is -2.63. The summed E-state index contributed by atoms with van der Waals surface area (Å²) in [5.74, 6) is -0.507. The molecule has 1 fully saturated rings. The topological polar surface area (TPSA) is 55.8 Å². The number of carbonyl (C=O) groups is 2. The highest BCUT2D eigenvalue weighted by Gasteiger charge is 2.35. The quantitative estimate of drug-likeness (QED) is 0.208. The third-order valence-electron chi connectivity index (χ3n) is 5.10. The van der Waals surface area contributed by atoms with Gasteiger partial charge < -0.3 is 9.47 Å². The van der Waals surface area contributed by atoms with Crippen molar-refractivity contribution in [1.29, 1.82) is 0 Å². The zero-order chi connectivity index (χ0) is 25.1. The molecule has 0 aliphatic carbocycles. The van der Waals surface area contributed by atoms with Crippen LogP contribution in [0.3, 0.4) is 0 Å². The van der Waals surface area contributed by atoms with Gasteiger partial charge in [-0.25, -0.2) is 8.78 Å². The summed E-state index contributed by atoms with van der Waals surface area (Å²) < 4.78 is 39.2. The number of benzene rings is 3. The molecule has 3 aromatic carbocycles. The van der Waals surface area contributed by atoms with E-state index in [9.17, 15) is 18.4 Å². The third kappa shape index (κ3) is 5.79. The molecule has 1 saturated heterocycles. The summed E-state index contributed by atoms with van der Waals surface area (Å²) in [6.07, 6.45) is 1.59. The molecule has 5 nitrogen and oxygen atoms in total. The highest BCUT2D eigenvalue weighted by Crippen LogP contribution is 2.38. The second-order valence-corrected chi connectivity index (χ2v) is 9.98. The molecule has 1 heterocycles. The van der Waals surface area contributed by atoms with Gasteiger partial charge in [0.05, 0.1) is 22.1 Å². The highest BCUT2D eigenvalue weighted by atomic mass is 127. The number of thioether (sulfide) groups is 1. The molecule has 0 atom stereocenters. The maximum absolute atomic E-state index is 13.9. The van der Waals surface area contributed by atoms with Gasteiger partial charge in [0.2, 0.25) is 0 Å². The van der Waals surface area contributed by atoms with Crippen LogP contribution in [-0.2, 0) is 17.9 Å². The normalized spacial score (nSPS) is 14.7. The van der Waals surface area contributed by atoms with Gasteiger partial charge in [-0.3, -0.25) is 14.5 Å². The lowest BCUT2D eigenvalue weighted by Crippen LogP contribution is -2.27. The molecule has 0 unspecified atom stereocenters. The summed E-state index contributed by atoms with van der Waals surface area (Å²) in [6, 6.07) is 13.6. The van der Waals surface area contributed by atoms with E-state index in [0.717, 1.165) is 22.7 Å². The van der Waals surface area contributed by atoms with Crippen molar-refractivity contribution in [3.05, 3.63) is 96.4 Å². The molecule has 0 N–H and O–H groups in total. The average Bonchev–Trinajstić information content (AvgIpc) is 3.08. The number of nitrogens with zero attached hydrogens (tertiary/aromatic N) is 1. The third-order valence-corrected chi connectivity index (χ3v) is 7.16. The van der Waals surface area contributed by atoms with Crippen LogP contribution >= 0.6 is 46.0 Å². The molecule has 35 heavy (non-hydrogen) atoms. The van der Waals surface area contributed by atoms with Crippen molar-refractivity contribution < 1.29 is 27.8 Å². The van der Waals surface area contributed by atoms with E-state index >= 15 is 0 Å². The predicted molar refractivity (Wildman–Crippen MR) is 139 cm³/mol. The Morgan fingerprint density at radius 3 is 2.57 bits per heavy atom. The van der Waals surface area contributed by atoms with E-state index in [2.05, 4.69) is 22.6 Å². The van der Waals surface area contributed by atoms with E-state index in [1.807, 2.05) is 0 Å². The minimum absolute atomic E-state index is 0.0171. The standard InChI is InChI=1S/C25H17ClF2INO4S/c1-33-21-9-14(8-20(29)23(21)34-13-16-4-2-3-5-19(16)28)10-22-24(31)30(25(32)35-22)12-15-6-7-17(27)11-18(15)26/h2-11H,12-13H2,1H3/b22-10+. The Morgan fingerprint density at radius 1 is 1.09 bits per heavy atom. The van der Waals surface area contributed by atoms with Crippen molar-refractivity contribution in [2.45, 2.75) is 13.2 Å². The fraction of sp³-hybridized carbons (Fsp3) is 0.120. The molecular weight excluding hydrogens is 611 g/mol. The van der Waals surface area contributed by atoms with E-state index in [4.69, 9.17) is 21.1 Å². The van der Waals surface area contributed by atoms with Crippen LogP contribution in [0.5, 0.6) is 11.5 Å². The maximum atomic E-state index is 13.9. The van der Waals surface area contributed by atoms with Crippen LogP contribution in [-0.4, -0.2) is 23.2 Å². The van der Waals surface area contributed by atoms with Gasteiger partial charge in [0.1, 0.15) is 18.2 Å². The van der Waals surface area contributed by atoms with Crippen LogP contribution in [0.15, 0.2) is 59.5 Å². The van der Waals surface area contributed by atoms with Gasteiger partial charge in [0.25, 0.3) is 11.1 Å². The van der Waals surface area contributed by atoms with Crippen molar-refractivity contribution in [2.24, 2.45) is 0 Å². The average molecular weight is 628 g/mol. The second-order valence-electron chi connectivity index (χ2n) is 7.42. The second kappa shape index (κ2) is 11.0. The van der Waals surface area contributed by atoms with Gasteiger partial charge in [-0.05, 0) is 81.9 Å². The number of hydrogen-bond acceptors (Lipinski definition) is 5. The number of ether oxygens (including phenoxy) is 2. The Kier molecular flexibility index (Phi) is 7.98. The van der Waals surface area contributed by atoms with Crippen LogP contribution in [0, 0.1) is 15.2 Å². The lowest BCUT2D eigenvalue weighted by Gasteiger charge is -2.14. The van der Waals surface area contributed by atoms with Crippen LogP contribution in [0.4, 0.5) is 13.6 Å². The molecule has 1 aliphatic heterocycles.